The quantitative estimate of drug-likeness (QED) is 0.890. The topological polar surface area (TPSA) is 55.4 Å². The molecule has 5 heteroatoms. The molecule has 0 amide bonds. The van der Waals surface area contributed by atoms with Gasteiger partial charge in [-0.1, -0.05) is 18.2 Å². The Bertz CT molecular complexity index is 489. The highest BCUT2D eigenvalue weighted by molar-refractivity contribution is 7.89. The van der Waals surface area contributed by atoms with Crippen LogP contribution in [0.15, 0.2) is 29.2 Å². The third-order valence-electron chi connectivity index (χ3n) is 2.28. The molecule has 0 saturated carbocycles. The minimum Gasteiger partial charge on any atom is -0.384 e. The van der Waals surface area contributed by atoms with Gasteiger partial charge in [0, 0.05) is 12.6 Å². The molecule has 102 valence electrons. The maximum Gasteiger partial charge on any atom is 0.241 e. The number of hydrogen-bond acceptors (Lipinski definition) is 3. The molecule has 1 rings (SSSR count). The summed E-state index contributed by atoms with van der Waals surface area (Å²) >= 11 is 0. The molecule has 0 aromatic heterocycles. The molecular weight excluding hydrogens is 250 g/mol. The highest BCUT2D eigenvalue weighted by Crippen LogP contribution is 2.18. The lowest BCUT2D eigenvalue weighted by Crippen LogP contribution is -2.40. The van der Waals surface area contributed by atoms with Crippen molar-refractivity contribution in [3.8, 4) is 0 Å². The Hall–Kier alpha value is -0.910. The minimum absolute atomic E-state index is 0.331. The van der Waals surface area contributed by atoms with Crippen LogP contribution in [0.1, 0.15) is 26.3 Å². The van der Waals surface area contributed by atoms with Crippen LogP contribution in [0.2, 0.25) is 0 Å². The van der Waals surface area contributed by atoms with Crippen LogP contribution in [0.3, 0.4) is 0 Å². The van der Waals surface area contributed by atoms with Gasteiger partial charge in [-0.05, 0) is 38.8 Å². The van der Waals surface area contributed by atoms with Gasteiger partial charge >= 0.3 is 0 Å². The highest BCUT2D eigenvalue weighted by atomic mass is 32.2. The van der Waals surface area contributed by atoms with Crippen LogP contribution < -0.4 is 4.72 Å². The third kappa shape index (κ3) is 4.40. The van der Waals surface area contributed by atoms with Crippen LogP contribution in [0.4, 0.5) is 0 Å². The first-order chi connectivity index (χ1) is 8.26. The smallest absolute Gasteiger partial charge is 0.241 e. The van der Waals surface area contributed by atoms with Gasteiger partial charge in [0.15, 0.2) is 0 Å². The summed E-state index contributed by atoms with van der Waals surface area (Å²) < 4.78 is 32.2. The molecule has 4 nitrogen and oxygen atoms in total. The molecular formula is C13H21NO3S. The predicted molar refractivity (Wildman–Crippen MR) is 72.1 cm³/mol. The van der Waals surface area contributed by atoms with Crippen molar-refractivity contribution >= 4 is 10.0 Å². The van der Waals surface area contributed by atoms with Gasteiger partial charge in [0.05, 0.1) is 11.5 Å². The Balaban J connectivity index is 3.08. The summed E-state index contributed by atoms with van der Waals surface area (Å²) in [5.41, 5.74) is 0.281. The zero-order chi connectivity index (χ0) is 13.8. The fourth-order valence-electron chi connectivity index (χ4n) is 1.64. The molecule has 1 N–H and O–H groups in total. The van der Waals surface area contributed by atoms with Crippen LogP contribution >= 0.6 is 0 Å². The molecule has 0 radical (unpaired) electrons. The molecule has 0 spiro atoms. The first-order valence-corrected chi connectivity index (χ1v) is 7.35. The van der Waals surface area contributed by atoms with E-state index in [1.807, 2.05) is 32.9 Å². The summed E-state index contributed by atoms with van der Waals surface area (Å²) in [7, 11) is -1.88. The molecule has 0 heterocycles. The van der Waals surface area contributed by atoms with Crippen molar-refractivity contribution in [2.45, 2.75) is 37.6 Å². The van der Waals surface area contributed by atoms with Crippen molar-refractivity contribution in [2.75, 3.05) is 13.7 Å². The van der Waals surface area contributed by atoms with Crippen molar-refractivity contribution in [2.24, 2.45) is 0 Å². The Morgan fingerprint density at radius 2 is 1.83 bits per heavy atom. The van der Waals surface area contributed by atoms with E-state index in [0.717, 1.165) is 5.56 Å². The molecule has 0 unspecified atom stereocenters. The number of ether oxygens (including phenoxy) is 1. The van der Waals surface area contributed by atoms with Crippen LogP contribution in [0, 0.1) is 0 Å². The molecule has 0 atom stereocenters. The standard InChI is InChI=1S/C13H21NO3S/c1-13(2,3)14-18(15,16)12-8-6-5-7-11(12)9-10-17-4/h5-8,14H,9-10H2,1-4H3. The number of hydrogen-bond donors (Lipinski definition) is 1. The molecule has 0 aliphatic rings. The fourth-order valence-corrected chi connectivity index (χ4v) is 3.33. The van der Waals surface area contributed by atoms with E-state index in [-0.39, 0.29) is 0 Å². The van der Waals surface area contributed by atoms with Crippen LogP contribution in [0.25, 0.3) is 0 Å². The largest absolute Gasteiger partial charge is 0.384 e. The number of rotatable bonds is 5. The zero-order valence-electron chi connectivity index (χ0n) is 11.4. The van der Waals surface area contributed by atoms with Crippen LogP contribution in [0.5, 0.6) is 0 Å². The molecule has 1 aromatic carbocycles. The summed E-state index contributed by atoms with van der Waals surface area (Å²) in [5, 5.41) is 0. The molecule has 1 aromatic rings. The van der Waals surface area contributed by atoms with Gasteiger partial charge in [-0.2, -0.15) is 0 Å². The average Bonchev–Trinajstić information content (AvgIpc) is 2.23. The second kappa shape index (κ2) is 5.82. The Morgan fingerprint density at radius 1 is 1.22 bits per heavy atom. The van der Waals surface area contributed by atoms with Crippen molar-refractivity contribution < 1.29 is 13.2 Å². The van der Waals surface area contributed by atoms with Gasteiger partial charge in [0.25, 0.3) is 0 Å². The molecule has 0 fully saturated rings. The molecule has 0 saturated heterocycles. The summed E-state index contributed by atoms with van der Waals surface area (Å²) in [6, 6.07) is 7.00. The van der Waals surface area contributed by atoms with E-state index in [2.05, 4.69) is 4.72 Å². The molecule has 0 aliphatic carbocycles. The van der Waals surface area contributed by atoms with Gasteiger partial charge in [0.2, 0.25) is 10.0 Å². The Kier molecular flexibility index (Phi) is 4.90. The SMILES string of the molecule is COCCc1ccccc1S(=O)(=O)NC(C)(C)C. The maximum atomic E-state index is 12.3. The van der Waals surface area contributed by atoms with Gasteiger partial charge in [-0.15, -0.1) is 0 Å². The van der Waals surface area contributed by atoms with E-state index < -0.39 is 15.6 Å². The fraction of sp³-hybridized carbons (Fsp3) is 0.538. The lowest BCUT2D eigenvalue weighted by molar-refractivity contribution is 0.202. The van der Waals surface area contributed by atoms with E-state index in [0.29, 0.717) is 17.9 Å². The number of benzene rings is 1. The van der Waals surface area contributed by atoms with Gasteiger partial charge in [-0.25, -0.2) is 13.1 Å². The van der Waals surface area contributed by atoms with Crippen molar-refractivity contribution in [1.29, 1.82) is 0 Å². The second-order valence-corrected chi connectivity index (χ2v) is 6.86. The lowest BCUT2D eigenvalue weighted by atomic mass is 10.1. The third-order valence-corrected chi connectivity index (χ3v) is 4.14. The zero-order valence-corrected chi connectivity index (χ0v) is 12.2. The highest BCUT2D eigenvalue weighted by Gasteiger charge is 2.23. The maximum absolute atomic E-state index is 12.3. The van der Waals surface area contributed by atoms with Crippen molar-refractivity contribution in [1.82, 2.24) is 4.72 Å². The van der Waals surface area contributed by atoms with E-state index in [4.69, 9.17) is 4.74 Å². The van der Waals surface area contributed by atoms with E-state index in [1.165, 1.54) is 0 Å². The average molecular weight is 271 g/mol. The van der Waals surface area contributed by atoms with Crippen LogP contribution in [-0.2, 0) is 21.2 Å². The summed E-state index contributed by atoms with van der Waals surface area (Å²) in [4.78, 5) is 0.331. The predicted octanol–water partition coefficient (Wildman–Crippen LogP) is 1.95. The Morgan fingerprint density at radius 3 is 2.39 bits per heavy atom. The number of sulfonamides is 1. The number of methoxy groups -OCH3 is 1. The second-order valence-electron chi connectivity index (χ2n) is 5.21. The minimum atomic E-state index is -3.48. The summed E-state index contributed by atoms with van der Waals surface area (Å²) in [6.07, 6.45) is 0.581. The number of nitrogens with one attached hydrogen (secondary N) is 1. The lowest BCUT2D eigenvalue weighted by Gasteiger charge is -2.21. The van der Waals surface area contributed by atoms with Crippen LogP contribution in [-0.4, -0.2) is 27.7 Å². The van der Waals surface area contributed by atoms with Gasteiger partial charge in [-0.3, -0.25) is 0 Å². The van der Waals surface area contributed by atoms with Gasteiger partial charge < -0.3 is 4.74 Å². The first-order valence-electron chi connectivity index (χ1n) is 5.87. The monoisotopic (exact) mass is 271 g/mol. The summed E-state index contributed by atoms with van der Waals surface area (Å²) in [6.45, 7) is 5.97. The van der Waals surface area contributed by atoms with E-state index in [9.17, 15) is 8.42 Å². The van der Waals surface area contributed by atoms with Crippen molar-refractivity contribution in [3.05, 3.63) is 29.8 Å². The Labute approximate surface area is 109 Å². The van der Waals surface area contributed by atoms with Crippen molar-refractivity contribution in [3.63, 3.8) is 0 Å². The normalized spacial score (nSPS) is 12.7. The molecule has 18 heavy (non-hydrogen) atoms. The van der Waals surface area contributed by atoms with E-state index in [1.54, 1.807) is 19.2 Å². The molecule has 0 aliphatic heterocycles. The van der Waals surface area contributed by atoms with E-state index >= 15 is 0 Å². The molecule has 0 bridgehead atoms. The summed E-state index contributed by atoms with van der Waals surface area (Å²) in [5.74, 6) is 0. The first kappa shape index (κ1) is 15.1. The van der Waals surface area contributed by atoms with Gasteiger partial charge in [0.1, 0.15) is 0 Å².